The van der Waals surface area contributed by atoms with Crippen molar-refractivity contribution >= 4 is 0 Å². The van der Waals surface area contributed by atoms with E-state index in [-0.39, 0.29) is 5.41 Å². The first-order valence-corrected chi connectivity index (χ1v) is 17.9. The second-order valence-electron chi connectivity index (χ2n) is 13.3. The molecule has 0 amide bonds. The molecule has 0 spiro atoms. The first-order chi connectivity index (χ1) is 22.6. The first kappa shape index (κ1) is 34.1. The average molecular weight is 623 g/mol. The van der Waals surface area contributed by atoms with Crippen molar-refractivity contribution in [1.29, 1.82) is 0 Å². The van der Waals surface area contributed by atoms with Gasteiger partial charge in [-0.25, -0.2) is 0 Å². The van der Waals surface area contributed by atoms with E-state index in [2.05, 4.69) is 81.1 Å². The fraction of sp³-hybridized carbons (Fsp3) is 0.524. The number of ether oxygens (including phenoxy) is 4. The molecule has 0 radical (unpaired) electrons. The summed E-state index contributed by atoms with van der Waals surface area (Å²) in [5.74, 6) is 8.94. The molecule has 3 aromatic rings. The Bertz CT molecular complexity index is 1420. The van der Waals surface area contributed by atoms with Crippen molar-refractivity contribution in [2.45, 2.75) is 97.3 Å². The van der Waals surface area contributed by atoms with Crippen molar-refractivity contribution in [1.82, 2.24) is 0 Å². The third kappa shape index (κ3) is 9.40. The van der Waals surface area contributed by atoms with Crippen molar-refractivity contribution in [3.8, 4) is 34.5 Å². The standard InChI is InChI=1S/C42H54O4/c1-4-6-7-8-9-13-26-45-36-20-17-34(18-21-36)15-16-35-19-23-38-39-24-22-37(29-41(39)33(3)40(38)28-35)46-27-14-11-10-12-25-43-30-42(5-2)31-44-32-42/h17-24,28-29,33H,4-14,25-27,30-32H2,1-3H3. The predicted molar refractivity (Wildman–Crippen MR) is 189 cm³/mol. The van der Waals surface area contributed by atoms with Crippen molar-refractivity contribution in [2.75, 3.05) is 39.6 Å². The molecule has 1 atom stereocenters. The van der Waals surface area contributed by atoms with E-state index in [0.717, 1.165) is 88.0 Å². The monoisotopic (exact) mass is 622 g/mol. The minimum Gasteiger partial charge on any atom is -0.494 e. The summed E-state index contributed by atoms with van der Waals surface area (Å²) in [5.41, 5.74) is 7.64. The Kier molecular flexibility index (Phi) is 13.0. The van der Waals surface area contributed by atoms with Crippen LogP contribution in [0.5, 0.6) is 11.5 Å². The van der Waals surface area contributed by atoms with Crippen molar-refractivity contribution < 1.29 is 18.9 Å². The Morgan fingerprint density at radius 3 is 1.89 bits per heavy atom. The molecule has 4 heteroatoms. The lowest BCUT2D eigenvalue weighted by Crippen LogP contribution is -2.45. The molecule has 246 valence electrons. The maximum absolute atomic E-state index is 6.18. The summed E-state index contributed by atoms with van der Waals surface area (Å²) in [6.45, 7) is 11.7. The molecule has 5 rings (SSSR count). The van der Waals surface area contributed by atoms with Crippen LogP contribution < -0.4 is 9.47 Å². The molecule has 0 bridgehead atoms. The lowest BCUT2D eigenvalue weighted by Gasteiger charge is -2.40. The van der Waals surface area contributed by atoms with E-state index in [1.54, 1.807) is 0 Å². The van der Waals surface area contributed by atoms with E-state index >= 15 is 0 Å². The van der Waals surface area contributed by atoms with Gasteiger partial charge in [-0.2, -0.15) is 0 Å². The lowest BCUT2D eigenvalue weighted by atomic mass is 9.84. The highest BCUT2D eigenvalue weighted by molar-refractivity contribution is 5.80. The van der Waals surface area contributed by atoms with E-state index in [0.29, 0.717) is 5.92 Å². The zero-order valence-corrected chi connectivity index (χ0v) is 28.5. The van der Waals surface area contributed by atoms with Gasteiger partial charge in [0.25, 0.3) is 0 Å². The van der Waals surface area contributed by atoms with Gasteiger partial charge in [-0.15, -0.1) is 0 Å². The topological polar surface area (TPSA) is 36.9 Å². The van der Waals surface area contributed by atoms with Crippen molar-refractivity contribution in [3.63, 3.8) is 0 Å². The van der Waals surface area contributed by atoms with Gasteiger partial charge in [0.2, 0.25) is 0 Å². The third-order valence-electron chi connectivity index (χ3n) is 9.70. The van der Waals surface area contributed by atoms with Gasteiger partial charge >= 0.3 is 0 Å². The fourth-order valence-corrected chi connectivity index (χ4v) is 6.42. The second kappa shape index (κ2) is 17.6. The molecule has 1 heterocycles. The van der Waals surface area contributed by atoms with Crippen LogP contribution in [0, 0.1) is 17.3 Å². The van der Waals surface area contributed by atoms with Gasteiger partial charge in [0, 0.05) is 29.1 Å². The van der Waals surface area contributed by atoms with Crippen LogP contribution in [-0.2, 0) is 9.47 Å². The van der Waals surface area contributed by atoms with Crippen LogP contribution in [0.4, 0.5) is 0 Å². The van der Waals surface area contributed by atoms with E-state index in [1.807, 2.05) is 12.1 Å². The third-order valence-corrected chi connectivity index (χ3v) is 9.70. The van der Waals surface area contributed by atoms with Crippen LogP contribution in [0.25, 0.3) is 11.1 Å². The molecule has 1 aliphatic heterocycles. The van der Waals surface area contributed by atoms with Crippen molar-refractivity contribution in [3.05, 3.63) is 82.9 Å². The van der Waals surface area contributed by atoms with Gasteiger partial charge in [-0.05, 0) is 103 Å². The fourth-order valence-electron chi connectivity index (χ4n) is 6.42. The van der Waals surface area contributed by atoms with Crippen LogP contribution in [0.3, 0.4) is 0 Å². The van der Waals surface area contributed by atoms with Gasteiger partial charge in [-0.3, -0.25) is 0 Å². The highest BCUT2D eigenvalue weighted by Crippen LogP contribution is 2.46. The molecule has 0 aromatic heterocycles. The Labute approximate surface area is 278 Å². The SMILES string of the molecule is CCCCCCCCOc1ccc(C#Cc2ccc3c(c2)C(C)c2cc(OCCCCCCOCC4(CC)COC4)ccc2-3)cc1. The zero-order chi connectivity index (χ0) is 32.0. The summed E-state index contributed by atoms with van der Waals surface area (Å²) in [7, 11) is 0. The Balaban J connectivity index is 1.03. The number of benzene rings is 3. The summed E-state index contributed by atoms with van der Waals surface area (Å²) >= 11 is 0. The number of hydrogen-bond donors (Lipinski definition) is 0. The summed E-state index contributed by atoms with van der Waals surface area (Å²) in [6.07, 6.45) is 13.3. The molecule has 0 N–H and O–H groups in total. The molecule has 46 heavy (non-hydrogen) atoms. The van der Waals surface area contributed by atoms with Gasteiger partial charge in [0.05, 0.1) is 33.0 Å². The van der Waals surface area contributed by atoms with Gasteiger partial charge < -0.3 is 18.9 Å². The van der Waals surface area contributed by atoms with Gasteiger partial charge in [0.15, 0.2) is 0 Å². The normalized spacial score (nSPS) is 15.8. The molecule has 0 saturated carbocycles. The number of unbranched alkanes of at least 4 members (excludes halogenated alkanes) is 8. The minimum atomic E-state index is 0.287. The Hall–Kier alpha value is -3.26. The van der Waals surface area contributed by atoms with Crippen LogP contribution in [0.15, 0.2) is 60.7 Å². The van der Waals surface area contributed by atoms with E-state index < -0.39 is 0 Å². The first-order valence-electron chi connectivity index (χ1n) is 17.9. The number of hydrogen-bond acceptors (Lipinski definition) is 4. The summed E-state index contributed by atoms with van der Waals surface area (Å²) in [5, 5.41) is 0. The zero-order valence-electron chi connectivity index (χ0n) is 28.5. The number of fused-ring (bicyclic) bond motifs is 3. The smallest absolute Gasteiger partial charge is 0.119 e. The molecule has 4 nitrogen and oxygen atoms in total. The van der Waals surface area contributed by atoms with Crippen LogP contribution in [0.1, 0.15) is 120 Å². The summed E-state index contributed by atoms with van der Waals surface area (Å²) in [4.78, 5) is 0. The maximum atomic E-state index is 6.18. The molecule has 3 aromatic carbocycles. The molecule has 1 aliphatic carbocycles. The van der Waals surface area contributed by atoms with Crippen LogP contribution >= 0.6 is 0 Å². The quantitative estimate of drug-likeness (QED) is 0.0985. The average Bonchev–Trinajstić information content (AvgIpc) is 3.34. The number of rotatable bonds is 19. The highest BCUT2D eigenvalue weighted by Gasteiger charge is 2.36. The second-order valence-corrected chi connectivity index (χ2v) is 13.3. The molecule has 1 saturated heterocycles. The highest BCUT2D eigenvalue weighted by atomic mass is 16.5. The molecule has 2 aliphatic rings. The van der Waals surface area contributed by atoms with Gasteiger partial charge in [-0.1, -0.05) is 83.3 Å². The van der Waals surface area contributed by atoms with E-state index in [9.17, 15) is 0 Å². The minimum absolute atomic E-state index is 0.287. The van der Waals surface area contributed by atoms with Gasteiger partial charge in [0.1, 0.15) is 11.5 Å². The van der Waals surface area contributed by atoms with Crippen molar-refractivity contribution in [2.24, 2.45) is 5.41 Å². The van der Waals surface area contributed by atoms with E-state index in [1.165, 1.54) is 67.2 Å². The van der Waals surface area contributed by atoms with Crippen LogP contribution in [-0.4, -0.2) is 39.6 Å². The lowest BCUT2D eigenvalue weighted by molar-refractivity contribution is -0.150. The molecular formula is C42H54O4. The van der Waals surface area contributed by atoms with Crippen LogP contribution in [0.2, 0.25) is 0 Å². The summed E-state index contributed by atoms with van der Waals surface area (Å²) < 4.78 is 23.4. The van der Waals surface area contributed by atoms with E-state index in [4.69, 9.17) is 18.9 Å². The molecule has 1 unspecified atom stereocenters. The summed E-state index contributed by atoms with van der Waals surface area (Å²) in [6, 6.07) is 21.4. The molecular weight excluding hydrogens is 568 g/mol. The largest absolute Gasteiger partial charge is 0.494 e. The molecule has 1 fully saturated rings. The Morgan fingerprint density at radius 2 is 1.22 bits per heavy atom. The predicted octanol–water partition coefficient (Wildman–Crippen LogP) is 10.3. The maximum Gasteiger partial charge on any atom is 0.119 e. The Morgan fingerprint density at radius 1 is 0.652 bits per heavy atom.